The fourth-order valence-electron chi connectivity index (χ4n) is 6.92. The van der Waals surface area contributed by atoms with Crippen molar-refractivity contribution < 1.29 is 36.7 Å². The molecule has 2 N–H and O–H groups in total. The molecule has 0 spiro atoms. The highest BCUT2D eigenvalue weighted by Gasteiger charge is 2.43. The fraction of sp³-hybridized carbons (Fsp3) is 0.300. The van der Waals surface area contributed by atoms with Crippen LogP contribution in [0.3, 0.4) is 0 Å². The van der Waals surface area contributed by atoms with Gasteiger partial charge in [-0.05, 0) is 56.9 Å². The average molecular weight is 835 g/mol. The molecule has 0 radical (unpaired) electrons. The summed E-state index contributed by atoms with van der Waals surface area (Å²) in [6.07, 6.45) is -2.42. The first-order valence-electron chi connectivity index (χ1n) is 16.9. The topological polar surface area (TPSA) is 92.3 Å². The van der Waals surface area contributed by atoms with Crippen molar-refractivity contribution in [3.8, 4) is 22.3 Å². The number of carbonyl (C=O) groups excluding carboxylic acids is 4. The Morgan fingerprint density at radius 3 is 1.40 bits per heavy atom. The molecule has 0 aliphatic heterocycles. The fourth-order valence-corrected chi connectivity index (χ4v) is 7.81. The van der Waals surface area contributed by atoms with Gasteiger partial charge in [-0.3, -0.25) is 19.2 Å². The summed E-state index contributed by atoms with van der Waals surface area (Å²) in [7, 11) is 0. The predicted octanol–water partition coefficient (Wildman–Crippen LogP) is 10.5. The number of benzene rings is 4. The van der Waals surface area contributed by atoms with Crippen LogP contribution in [0, 0.1) is 35.3 Å². The summed E-state index contributed by atoms with van der Waals surface area (Å²) in [5.74, 6) is -5.75. The van der Waals surface area contributed by atoms with Gasteiger partial charge in [0, 0.05) is 44.1 Å². The number of alkyl halides is 3. The van der Waals surface area contributed by atoms with Crippen molar-refractivity contribution in [3.05, 3.63) is 107 Å². The van der Waals surface area contributed by atoms with Crippen molar-refractivity contribution in [2.45, 2.75) is 45.0 Å². The van der Waals surface area contributed by atoms with Gasteiger partial charge in [-0.2, -0.15) is 0 Å². The van der Waals surface area contributed by atoms with Crippen molar-refractivity contribution in [3.63, 3.8) is 0 Å². The zero-order valence-electron chi connectivity index (χ0n) is 28.4. The third-order valence-electron chi connectivity index (χ3n) is 9.59. The molecule has 13 heteroatoms. The number of ketones is 2. The summed E-state index contributed by atoms with van der Waals surface area (Å²) < 4.78 is 57.3. The molecule has 6 rings (SSSR count). The molecule has 4 aromatic carbocycles. The van der Waals surface area contributed by atoms with Crippen LogP contribution < -0.4 is 10.6 Å². The molecule has 2 saturated carbocycles. The van der Waals surface area contributed by atoms with E-state index in [-0.39, 0.29) is 65.1 Å². The first kappa shape index (κ1) is 40.1. The Kier molecular flexibility index (Phi) is 13.5. The molecule has 6 nitrogen and oxygen atoms in total. The first-order valence-corrected chi connectivity index (χ1v) is 18.7. The molecule has 0 bridgehead atoms. The molecule has 0 saturated heterocycles. The minimum Gasteiger partial charge on any atom is -0.323 e. The van der Waals surface area contributed by atoms with Crippen LogP contribution in [0.2, 0.25) is 10.0 Å². The van der Waals surface area contributed by atoms with E-state index in [0.717, 1.165) is 0 Å². The lowest BCUT2D eigenvalue weighted by molar-refractivity contribution is -0.128. The predicted molar refractivity (Wildman–Crippen MR) is 203 cm³/mol. The monoisotopic (exact) mass is 832 g/mol. The van der Waals surface area contributed by atoms with Gasteiger partial charge >= 0.3 is 0 Å². The third-order valence-corrected chi connectivity index (χ3v) is 10.8. The summed E-state index contributed by atoms with van der Waals surface area (Å²) in [5.41, 5.74) is 1.48. The number of hydrogen-bond donors (Lipinski definition) is 2. The Morgan fingerprint density at radius 1 is 0.604 bits per heavy atom. The van der Waals surface area contributed by atoms with Crippen LogP contribution in [0.4, 0.5) is 28.9 Å². The molecule has 4 aromatic rings. The average Bonchev–Trinajstić information content (AvgIpc) is 3.73. The van der Waals surface area contributed by atoms with Gasteiger partial charge in [0.05, 0.1) is 28.5 Å². The van der Waals surface area contributed by atoms with E-state index in [2.05, 4.69) is 26.6 Å². The van der Waals surface area contributed by atoms with Crippen LogP contribution in [-0.2, 0) is 19.2 Å². The molecule has 2 fully saturated rings. The number of Topliss-reactive ketones (excluding diaryl/α,β-unsaturated/α-hetero) is 2. The van der Waals surface area contributed by atoms with Crippen LogP contribution in [0.15, 0.2) is 84.9 Å². The lowest BCUT2D eigenvalue weighted by Crippen LogP contribution is -2.31. The van der Waals surface area contributed by atoms with E-state index in [1.807, 2.05) is 0 Å². The molecule has 0 heterocycles. The van der Waals surface area contributed by atoms with E-state index < -0.39 is 59.5 Å². The van der Waals surface area contributed by atoms with Gasteiger partial charge in [0.15, 0.2) is 11.6 Å². The molecule has 6 atom stereocenters. The summed E-state index contributed by atoms with van der Waals surface area (Å²) in [5, 5.41) is 5.87. The van der Waals surface area contributed by atoms with Crippen molar-refractivity contribution in [1.29, 1.82) is 0 Å². The highest BCUT2D eigenvalue weighted by atomic mass is 79.9. The molecule has 2 unspecified atom stereocenters. The zero-order valence-corrected chi connectivity index (χ0v) is 31.5. The maximum Gasteiger partial charge on any atom is 0.228 e. The van der Waals surface area contributed by atoms with E-state index in [1.54, 1.807) is 72.8 Å². The van der Waals surface area contributed by atoms with Crippen molar-refractivity contribution in [1.82, 2.24) is 0 Å². The van der Waals surface area contributed by atoms with E-state index in [4.69, 9.17) is 23.2 Å². The molecule has 278 valence electrons. The van der Waals surface area contributed by atoms with Crippen molar-refractivity contribution in [2.75, 3.05) is 16.0 Å². The molecule has 53 heavy (non-hydrogen) atoms. The van der Waals surface area contributed by atoms with Gasteiger partial charge in [0.25, 0.3) is 0 Å². The second-order valence-electron chi connectivity index (χ2n) is 13.0. The molecule has 2 aliphatic rings. The lowest BCUT2D eigenvalue weighted by Gasteiger charge is -2.18. The van der Waals surface area contributed by atoms with Crippen molar-refractivity contribution >= 4 is 73.9 Å². The Bertz CT molecular complexity index is 2020. The zero-order chi connectivity index (χ0) is 38.4. The van der Waals surface area contributed by atoms with Gasteiger partial charge in [-0.25, -0.2) is 17.6 Å². The van der Waals surface area contributed by atoms with Gasteiger partial charge in [-0.1, -0.05) is 99.8 Å². The van der Waals surface area contributed by atoms with Gasteiger partial charge in [-0.15, -0.1) is 0 Å². The maximum absolute atomic E-state index is 15.0. The Balaban J connectivity index is 0.000000204. The number of nitrogens with one attached hydrogen (secondary N) is 2. The number of carbonyl (C=O) groups is 4. The van der Waals surface area contributed by atoms with E-state index >= 15 is 0 Å². The second-order valence-corrected chi connectivity index (χ2v) is 14.4. The molecule has 2 aliphatic carbocycles. The minimum atomic E-state index is -1.21. The van der Waals surface area contributed by atoms with Gasteiger partial charge in [0.1, 0.15) is 23.9 Å². The van der Waals surface area contributed by atoms with Gasteiger partial charge < -0.3 is 10.6 Å². The summed E-state index contributed by atoms with van der Waals surface area (Å²) >= 11 is 15.3. The smallest absolute Gasteiger partial charge is 0.228 e. The molecule has 2 amide bonds. The van der Waals surface area contributed by atoms with Crippen LogP contribution in [0.25, 0.3) is 22.3 Å². The number of amides is 2. The van der Waals surface area contributed by atoms with E-state index in [9.17, 15) is 36.7 Å². The highest BCUT2D eigenvalue weighted by molar-refractivity contribution is 9.09. The largest absolute Gasteiger partial charge is 0.323 e. The van der Waals surface area contributed by atoms with Crippen LogP contribution in [-0.4, -0.2) is 41.1 Å². The Morgan fingerprint density at radius 2 is 0.981 bits per heavy atom. The highest BCUT2D eigenvalue weighted by Crippen LogP contribution is 2.39. The SMILES string of the molecule is CC(=O)[C@@H]1C[C@H](F)CC1C(=O)Nc1cccc(-c2ccccc2Cl)c1F.O=C(Nc1cccc(-c2ccccc2Cl)c1F)C1C[C@@H](F)C[C@H]1C(=O)CBr. The second kappa shape index (κ2) is 17.8. The number of rotatable bonds is 9. The normalized spacial score (nSPS) is 22.0. The maximum atomic E-state index is 15.0. The first-order chi connectivity index (χ1) is 25.3. The summed E-state index contributed by atoms with van der Waals surface area (Å²) in [6.45, 7) is 1.35. The molecule has 0 aromatic heterocycles. The molecular weight excluding hydrogens is 799 g/mol. The third kappa shape index (κ3) is 9.37. The molecular formula is C40H35BrCl2F4N2O4. The van der Waals surface area contributed by atoms with Gasteiger partial charge in [0.2, 0.25) is 11.8 Å². The minimum absolute atomic E-state index is 0.0166. The van der Waals surface area contributed by atoms with Crippen LogP contribution in [0.1, 0.15) is 32.6 Å². The Hall–Kier alpha value is -4.06. The van der Waals surface area contributed by atoms with Crippen LogP contribution >= 0.6 is 39.1 Å². The van der Waals surface area contributed by atoms with E-state index in [1.165, 1.54) is 19.1 Å². The van der Waals surface area contributed by atoms with Crippen LogP contribution in [0.5, 0.6) is 0 Å². The number of anilines is 2. The summed E-state index contributed by atoms with van der Waals surface area (Å²) in [6, 6.07) is 22.8. The van der Waals surface area contributed by atoms with Crippen molar-refractivity contribution in [2.24, 2.45) is 23.7 Å². The number of halogens is 7. The summed E-state index contributed by atoms with van der Waals surface area (Å²) in [4.78, 5) is 48.8. The quantitative estimate of drug-likeness (QED) is 0.130. The lowest BCUT2D eigenvalue weighted by atomic mass is 9.91. The Labute approximate surface area is 322 Å². The standard InChI is InChI=1S/C20H17BrClF2NO2.C20H18ClF2NO2/c21-10-18(26)14-8-11(23)9-15(14)20(27)25-17-7-3-5-13(19(17)24)12-4-1-2-6-16(12)22;1-11(25)15-9-12(22)10-16(15)20(26)24-18-8-4-6-14(19(18)23)13-5-2-3-7-17(13)21/h1-7,11,14-15H,8-10H2,(H,25,27);2-8,12,15-16H,9-10H2,1H3,(H,24,26)/t11-,14+,15?;12-,15-,16?/m00/s1. The van der Waals surface area contributed by atoms with E-state index in [0.29, 0.717) is 21.2 Å². The number of hydrogen-bond acceptors (Lipinski definition) is 4.